The summed E-state index contributed by atoms with van der Waals surface area (Å²) in [5.41, 5.74) is 5.74. The fourth-order valence-corrected chi connectivity index (χ4v) is 4.56. The second-order valence-corrected chi connectivity index (χ2v) is 10.0. The number of carbonyl (C=O) groups is 1. The van der Waals surface area contributed by atoms with E-state index in [2.05, 4.69) is 22.5 Å². The Labute approximate surface area is 227 Å². The summed E-state index contributed by atoms with van der Waals surface area (Å²) < 4.78 is 15.2. The van der Waals surface area contributed by atoms with Gasteiger partial charge < -0.3 is 0 Å². The average Bonchev–Trinajstić information content (AvgIpc) is 3.36. The molecule has 0 aliphatic carbocycles. The summed E-state index contributed by atoms with van der Waals surface area (Å²) in [4.78, 5) is 12.3. The van der Waals surface area contributed by atoms with E-state index in [0.717, 1.165) is 29.7 Å². The van der Waals surface area contributed by atoms with Gasteiger partial charge in [0.1, 0.15) is 11.5 Å². The van der Waals surface area contributed by atoms with Crippen LogP contribution in [0.4, 0.5) is 4.39 Å². The lowest BCUT2D eigenvalue weighted by atomic mass is 10.0. The Hall–Kier alpha value is -3.28. The van der Waals surface area contributed by atoms with Gasteiger partial charge in [-0.15, -0.1) is 0 Å². The number of rotatable bonds is 18. The number of hydrogen-bond acceptors (Lipinski definition) is 3. The Kier molecular flexibility index (Phi) is 13.3. The van der Waals surface area contributed by atoms with Crippen molar-refractivity contribution in [1.29, 1.82) is 0 Å². The molecule has 3 aromatic rings. The highest BCUT2D eigenvalue weighted by atomic mass is 19.1. The summed E-state index contributed by atoms with van der Waals surface area (Å²) in [5, 5.41) is 8.87. The van der Waals surface area contributed by atoms with E-state index in [9.17, 15) is 9.18 Å². The van der Waals surface area contributed by atoms with E-state index < -0.39 is 0 Å². The predicted molar refractivity (Wildman–Crippen MR) is 155 cm³/mol. The van der Waals surface area contributed by atoms with Crippen molar-refractivity contribution < 1.29 is 9.18 Å². The maximum atomic E-state index is 13.4. The third kappa shape index (κ3) is 10.6. The van der Waals surface area contributed by atoms with Crippen LogP contribution in [0.25, 0.3) is 16.9 Å². The maximum absolute atomic E-state index is 13.4. The van der Waals surface area contributed by atoms with Gasteiger partial charge in [-0.05, 0) is 42.8 Å². The van der Waals surface area contributed by atoms with Crippen LogP contribution in [-0.2, 0) is 4.79 Å². The molecule has 0 fully saturated rings. The van der Waals surface area contributed by atoms with Crippen LogP contribution >= 0.6 is 0 Å². The van der Waals surface area contributed by atoms with E-state index in [-0.39, 0.29) is 11.7 Å². The van der Waals surface area contributed by atoms with Gasteiger partial charge in [-0.1, -0.05) is 102 Å². The number of para-hydroxylation sites is 1. The van der Waals surface area contributed by atoms with Crippen LogP contribution in [0.3, 0.4) is 0 Å². The first kappa shape index (κ1) is 29.3. The van der Waals surface area contributed by atoms with Crippen molar-refractivity contribution in [2.45, 2.75) is 96.8 Å². The number of nitrogens with zero attached hydrogens (tertiary/aromatic N) is 3. The number of hydrazone groups is 1. The first-order valence-corrected chi connectivity index (χ1v) is 14.4. The van der Waals surface area contributed by atoms with E-state index in [1.165, 1.54) is 82.8 Å². The molecule has 0 atom stereocenters. The normalized spacial score (nSPS) is 11.3. The number of amides is 1. The molecule has 1 amide bonds. The Morgan fingerprint density at radius 3 is 2.03 bits per heavy atom. The third-order valence-corrected chi connectivity index (χ3v) is 6.78. The molecule has 2 aromatic carbocycles. The summed E-state index contributed by atoms with van der Waals surface area (Å²) in [6.07, 6.45) is 20.6. The molecular weight excluding hydrogens is 475 g/mol. The first-order valence-electron chi connectivity index (χ1n) is 14.4. The quantitative estimate of drug-likeness (QED) is 0.104. The van der Waals surface area contributed by atoms with Gasteiger partial charge in [-0.25, -0.2) is 14.5 Å². The summed E-state index contributed by atoms with van der Waals surface area (Å²) >= 11 is 0. The number of halogens is 1. The topological polar surface area (TPSA) is 59.3 Å². The van der Waals surface area contributed by atoms with Crippen LogP contribution in [0.15, 0.2) is 65.9 Å². The Morgan fingerprint density at radius 2 is 1.42 bits per heavy atom. The van der Waals surface area contributed by atoms with Gasteiger partial charge in [0, 0.05) is 23.7 Å². The lowest BCUT2D eigenvalue weighted by Gasteiger charge is -2.03. The van der Waals surface area contributed by atoms with Crippen LogP contribution < -0.4 is 5.43 Å². The van der Waals surface area contributed by atoms with E-state index in [1.807, 2.05) is 36.5 Å². The Morgan fingerprint density at radius 1 is 0.842 bits per heavy atom. The highest BCUT2D eigenvalue weighted by Gasteiger charge is 2.11. The minimum Gasteiger partial charge on any atom is -0.273 e. The number of carbonyl (C=O) groups excluding carboxylic acids is 1. The van der Waals surface area contributed by atoms with Crippen LogP contribution in [0.1, 0.15) is 102 Å². The molecule has 0 aliphatic heterocycles. The summed E-state index contributed by atoms with van der Waals surface area (Å²) in [6.45, 7) is 2.26. The molecule has 38 heavy (non-hydrogen) atoms. The fourth-order valence-electron chi connectivity index (χ4n) is 4.56. The van der Waals surface area contributed by atoms with E-state index >= 15 is 0 Å². The van der Waals surface area contributed by atoms with E-state index in [0.29, 0.717) is 12.1 Å². The number of nitrogens with one attached hydrogen (secondary N) is 1. The maximum Gasteiger partial charge on any atom is 0.240 e. The summed E-state index contributed by atoms with van der Waals surface area (Å²) in [6, 6.07) is 16.0. The highest BCUT2D eigenvalue weighted by Crippen LogP contribution is 2.23. The van der Waals surface area contributed by atoms with Crippen molar-refractivity contribution in [3.63, 3.8) is 0 Å². The minimum absolute atomic E-state index is 0.0805. The highest BCUT2D eigenvalue weighted by molar-refractivity contribution is 5.89. The van der Waals surface area contributed by atoms with Crippen LogP contribution in [0.5, 0.6) is 0 Å². The number of benzene rings is 2. The zero-order chi connectivity index (χ0) is 26.8. The van der Waals surface area contributed by atoms with Crippen molar-refractivity contribution in [2.75, 3.05) is 0 Å². The molecule has 0 radical (unpaired) electrons. The molecule has 1 heterocycles. The lowest BCUT2D eigenvalue weighted by molar-refractivity contribution is -0.121. The molecular formula is C32H43FN4O. The minimum atomic E-state index is -0.299. The molecule has 0 bridgehead atoms. The fraction of sp³-hybridized carbons (Fsp3) is 0.469. The molecule has 0 saturated carbocycles. The van der Waals surface area contributed by atoms with Gasteiger partial charge in [-0.2, -0.15) is 10.2 Å². The van der Waals surface area contributed by atoms with Crippen molar-refractivity contribution in [2.24, 2.45) is 5.10 Å². The number of unbranched alkanes of at least 4 members (excludes halogenated alkanes) is 12. The summed E-state index contributed by atoms with van der Waals surface area (Å²) in [7, 11) is 0. The zero-order valence-corrected chi connectivity index (χ0v) is 22.9. The number of hydrogen-bond donors (Lipinski definition) is 1. The zero-order valence-electron chi connectivity index (χ0n) is 22.9. The van der Waals surface area contributed by atoms with Crippen LogP contribution in [0, 0.1) is 5.82 Å². The monoisotopic (exact) mass is 518 g/mol. The van der Waals surface area contributed by atoms with Crippen molar-refractivity contribution in [3.05, 3.63) is 72.2 Å². The Bertz CT molecular complexity index is 1090. The second kappa shape index (κ2) is 17.3. The molecule has 0 spiro atoms. The second-order valence-electron chi connectivity index (χ2n) is 10.0. The molecule has 1 aromatic heterocycles. The van der Waals surface area contributed by atoms with Crippen molar-refractivity contribution in [1.82, 2.24) is 15.2 Å². The number of aromatic nitrogens is 2. The Balaban J connectivity index is 1.37. The largest absolute Gasteiger partial charge is 0.273 e. The standard InChI is InChI=1S/C32H43FN4O/c1-2-3-4-5-6-7-8-9-10-11-12-13-17-20-31(38)35-34-25-28-26-37(30-18-15-14-16-19-30)36-32(28)27-21-23-29(33)24-22-27/h14-16,18-19,21-26H,2-13,17,20H2,1H3,(H,35,38)/b34-25+. The molecule has 5 nitrogen and oxygen atoms in total. The molecule has 3 rings (SSSR count). The lowest BCUT2D eigenvalue weighted by Crippen LogP contribution is -2.16. The summed E-state index contributed by atoms with van der Waals surface area (Å²) in [5.74, 6) is -0.380. The van der Waals surface area contributed by atoms with Crippen molar-refractivity contribution in [3.8, 4) is 16.9 Å². The SMILES string of the molecule is CCCCCCCCCCCCCCCC(=O)N/N=C/c1cn(-c2ccccc2)nc1-c1ccc(F)cc1. The third-order valence-electron chi connectivity index (χ3n) is 6.78. The van der Waals surface area contributed by atoms with Gasteiger partial charge in [0.05, 0.1) is 11.9 Å². The molecule has 0 saturated heterocycles. The molecule has 0 aliphatic rings. The first-order chi connectivity index (χ1) is 18.7. The smallest absolute Gasteiger partial charge is 0.240 e. The van der Waals surface area contributed by atoms with Gasteiger partial charge >= 0.3 is 0 Å². The predicted octanol–water partition coefficient (Wildman–Crippen LogP) is 8.61. The van der Waals surface area contributed by atoms with Gasteiger partial charge in [0.15, 0.2) is 0 Å². The van der Waals surface area contributed by atoms with Crippen LogP contribution in [-0.4, -0.2) is 21.9 Å². The molecule has 6 heteroatoms. The van der Waals surface area contributed by atoms with E-state index in [1.54, 1.807) is 23.0 Å². The molecule has 1 N–H and O–H groups in total. The van der Waals surface area contributed by atoms with Crippen molar-refractivity contribution >= 4 is 12.1 Å². The van der Waals surface area contributed by atoms with Crippen LogP contribution in [0.2, 0.25) is 0 Å². The van der Waals surface area contributed by atoms with E-state index in [4.69, 9.17) is 0 Å². The average molecular weight is 519 g/mol. The van der Waals surface area contributed by atoms with Gasteiger partial charge in [0.2, 0.25) is 5.91 Å². The van der Waals surface area contributed by atoms with Gasteiger partial charge in [0.25, 0.3) is 0 Å². The molecule has 204 valence electrons. The van der Waals surface area contributed by atoms with Gasteiger partial charge in [-0.3, -0.25) is 4.79 Å². The molecule has 0 unspecified atom stereocenters.